The van der Waals surface area contributed by atoms with E-state index in [-0.39, 0.29) is 0 Å². The second-order valence-electron chi connectivity index (χ2n) is 3.99. The lowest BCUT2D eigenvalue weighted by Crippen LogP contribution is -1.85. The number of benzene rings is 1. The van der Waals surface area contributed by atoms with Crippen molar-refractivity contribution in [2.24, 2.45) is 0 Å². The molecule has 0 radical (unpaired) electrons. The van der Waals surface area contributed by atoms with Gasteiger partial charge in [-0.25, -0.2) is 9.97 Å². The molecule has 1 aromatic carbocycles. The van der Waals surface area contributed by atoms with E-state index in [1.807, 2.05) is 37.5 Å². The molecule has 3 rings (SSSR count). The molecule has 2 aromatic heterocycles. The lowest BCUT2D eigenvalue weighted by Gasteiger charge is -2.03. The number of rotatable bonds is 1. The van der Waals surface area contributed by atoms with Crippen LogP contribution in [0.2, 0.25) is 0 Å². The van der Waals surface area contributed by atoms with Gasteiger partial charge in [0.25, 0.3) is 0 Å². The van der Waals surface area contributed by atoms with Crippen LogP contribution >= 0.6 is 0 Å². The second kappa shape index (κ2) is 3.94. The summed E-state index contributed by atoms with van der Waals surface area (Å²) in [5.41, 5.74) is 4.19. The van der Waals surface area contributed by atoms with Gasteiger partial charge in [0.15, 0.2) is 0 Å². The van der Waals surface area contributed by atoms with Crippen LogP contribution in [0, 0.1) is 6.92 Å². The Morgan fingerprint density at radius 1 is 0.882 bits per heavy atom. The highest BCUT2D eigenvalue weighted by molar-refractivity contribution is 5.84. The van der Waals surface area contributed by atoms with Crippen molar-refractivity contribution in [1.82, 2.24) is 15.0 Å². The van der Waals surface area contributed by atoms with E-state index in [2.05, 4.69) is 27.1 Å². The smallest absolute Gasteiger partial charge is 0.115 e. The zero-order chi connectivity index (χ0) is 11.7. The van der Waals surface area contributed by atoms with E-state index in [4.69, 9.17) is 0 Å². The van der Waals surface area contributed by atoms with Crippen molar-refractivity contribution in [3.63, 3.8) is 0 Å². The van der Waals surface area contributed by atoms with E-state index in [1.54, 1.807) is 0 Å². The van der Waals surface area contributed by atoms with Crippen LogP contribution in [0.15, 0.2) is 49.1 Å². The Balaban J connectivity index is 2.17. The Kier molecular flexibility index (Phi) is 2.29. The normalized spacial score (nSPS) is 10.6. The lowest BCUT2D eigenvalue weighted by molar-refractivity contribution is 1.17. The maximum Gasteiger partial charge on any atom is 0.115 e. The van der Waals surface area contributed by atoms with Crippen LogP contribution in [-0.2, 0) is 0 Å². The molecule has 3 heteroatoms. The van der Waals surface area contributed by atoms with Gasteiger partial charge in [-0.05, 0) is 30.7 Å². The van der Waals surface area contributed by atoms with Gasteiger partial charge >= 0.3 is 0 Å². The Morgan fingerprint density at radius 2 is 1.71 bits per heavy atom. The molecule has 0 fully saturated rings. The molecule has 2 heterocycles. The molecule has 82 valence electrons. The average molecular weight is 221 g/mol. The van der Waals surface area contributed by atoms with Crippen molar-refractivity contribution in [3.05, 3.63) is 54.7 Å². The van der Waals surface area contributed by atoms with Gasteiger partial charge in [-0.2, -0.15) is 0 Å². The Labute approximate surface area is 99.2 Å². The minimum absolute atomic E-state index is 1.02. The van der Waals surface area contributed by atoms with Crippen LogP contribution in [0.1, 0.15) is 5.69 Å². The first-order valence-electron chi connectivity index (χ1n) is 5.46. The number of hydrogen-bond donors (Lipinski definition) is 0. The zero-order valence-corrected chi connectivity index (χ0v) is 9.46. The molecule has 3 nitrogen and oxygen atoms in total. The van der Waals surface area contributed by atoms with Crippen LogP contribution in [0.25, 0.3) is 22.0 Å². The van der Waals surface area contributed by atoms with E-state index >= 15 is 0 Å². The summed E-state index contributed by atoms with van der Waals surface area (Å²) >= 11 is 0. The molecule has 0 spiro atoms. The summed E-state index contributed by atoms with van der Waals surface area (Å²) in [5.74, 6) is 0. The molecule has 0 N–H and O–H groups in total. The maximum atomic E-state index is 4.48. The molecule has 0 saturated carbocycles. The van der Waals surface area contributed by atoms with Crippen molar-refractivity contribution in [2.45, 2.75) is 6.92 Å². The first-order valence-corrected chi connectivity index (χ1v) is 5.46. The fourth-order valence-corrected chi connectivity index (χ4v) is 1.86. The highest BCUT2D eigenvalue weighted by Crippen LogP contribution is 2.22. The Hall–Kier alpha value is -2.29. The van der Waals surface area contributed by atoms with Crippen LogP contribution in [-0.4, -0.2) is 15.0 Å². The lowest BCUT2D eigenvalue weighted by atomic mass is 10.1. The van der Waals surface area contributed by atoms with Crippen LogP contribution < -0.4 is 0 Å². The number of aryl methyl sites for hydroxylation is 1. The Morgan fingerprint density at radius 3 is 2.53 bits per heavy atom. The van der Waals surface area contributed by atoms with E-state index < -0.39 is 0 Å². The molecule has 3 aromatic rings. The van der Waals surface area contributed by atoms with Crippen molar-refractivity contribution >= 4 is 10.9 Å². The zero-order valence-electron chi connectivity index (χ0n) is 9.46. The molecule has 17 heavy (non-hydrogen) atoms. The minimum Gasteiger partial charge on any atom is -0.253 e. The van der Waals surface area contributed by atoms with Crippen LogP contribution in [0.4, 0.5) is 0 Å². The van der Waals surface area contributed by atoms with Crippen LogP contribution in [0.5, 0.6) is 0 Å². The minimum atomic E-state index is 1.02. The first kappa shape index (κ1) is 9.90. The van der Waals surface area contributed by atoms with E-state index in [0.717, 1.165) is 27.7 Å². The monoisotopic (exact) mass is 221 g/mol. The summed E-state index contributed by atoms with van der Waals surface area (Å²) in [6, 6.07) is 10.3. The fraction of sp³-hybridized carbons (Fsp3) is 0.0714. The third-order valence-corrected chi connectivity index (χ3v) is 2.72. The van der Waals surface area contributed by atoms with E-state index in [9.17, 15) is 0 Å². The molecule has 0 unspecified atom stereocenters. The van der Waals surface area contributed by atoms with E-state index in [1.165, 1.54) is 6.33 Å². The van der Waals surface area contributed by atoms with Gasteiger partial charge in [0.05, 0.1) is 5.52 Å². The first-order chi connectivity index (χ1) is 8.33. The molecular weight excluding hydrogens is 210 g/mol. The predicted octanol–water partition coefficient (Wildman–Crippen LogP) is 3.00. The average Bonchev–Trinajstić information content (AvgIpc) is 2.39. The number of pyridine rings is 1. The molecule has 0 aliphatic heterocycles. The molecule has 0 atom stereocenters. The third kappa shape index (κ3) is 1.87. The van der Waals surface area contributed by atoms with Crippen molar-refractivity contribution in [1.29, 1.82) is 0 Å². The summed E-state index contributed by atoms with van der Waals surface area (Å²) < 4.78 is 0. The standard InChI is InChI=1S/C14H11N3/c1-10-2-3-12-6-11(4-5-14(12)17-10)13-7-15-9-16-8-13/h2-9H,1H3. The molecular formula is C14H11N3. The molecule has 0 amide bonds. The van der Waals surface area contributed by atoms with Crippen molar-refractivity contribution in [2.75, 3.05) is 0 Å². The molecule has 0 saturated heterocycles. The Bertz CT molecular complexity index is 663. The van der Waals surface area contributed by atoms with Crippen LogP contribution in [0.3, 0.4) is 0 Å². The molecule has 0 aliphatic rings. The summed E-state index contributed by atoms with van der Waals surface area (Å²) in [6.07, 6.45) is 5.17. The van der Waals surface area contributed by atoms with Gasteiger partial charge in [-0.1, -0.05) is 12.1 Å². The van der Waals surface area contributed by atoms with Gasteiger partial charge in [-0.3, -0.25) is 4.98 Å². The SMILES string of the molecule is Cc1ccc2cc(-c3cncnc3)ccc2n1. The number of hydrogen-bond acceptors (Lipinski definition) is 3. The third-order valence-electron chi connectivity index (χ3n) is 2.72. The molecule has 0 bridgehead atoms. The summed E-state index contributed by atoms with van der Waals surface area (Å²) in [5, 5.41) is 1.14. The number of aromatic nitrogens is 3. The summed E-state index contributed by atoms with van der Waals surface area (Å²) in [6.45, 7) is 2.00. The van der Waals surface area contributed by atoms with Gasteiger partial charge in [0.2, 0.25) is 0 Å². The fourth-order valence-electron chi connectivity index (χ4n) is 1.86. The molecule has 0 aliphatic carbocycles. The van der Waals surface area contributed by atoms with Crippen molar-refractivity contribution in [3.8, 4) is 11.1 Å². The highest BCUT2D eigenvalue weighted by Gasteiger charge is 2.00. The van der Waals surface area contributed by atoms with Gasteiger partial charge in [-0.15, -0.1) is 0 Å². The predicted molar refractivity (Wildman–Crippen MR) is 67.5 cm³/mol. The van der Waals surface area contributed by atoms with E-state index in [0.29, 0.717) is 0 Å². The topological polar surface area (TPSA) is 38.7 Å². The number of nitrogens with zero attached hydrogens (tertiary/aromatic N) is 3. The van der Waals surface area contributed by atoms with Crippen molar-refractivity contribution < 1.29 is 0 Å². The summed E-state index contributed by atoms with van der Waals surface area (Å²) in [4.78, 5) is 12.5. The maximum absolute atomic E-state index is 4.48. The van der Waals surface area contributed by atoms with Gasteiger partial charge in [0.1, 0.15) is 6.33 Å². The van der Waals surface area contributed by atoms with Gasteiger partial charge < -0.3 is 0 Å². The largest absolute Gasteiger partial charge is 0.253 e. The van der Waals surface area contributed by atoms with Gasteiger partial charge in [0, 0.05) is 29.0 Å². The highest BCUT2D eigenvalue weighted by atomic mass is 14.8. The summed E-state index contributed by atoms with van der Waals surface area (Å²) in [7, 11) is 0. The number of fused-ring (bicyclic) bond motifs is 1. The quantitative estimate of drug-likeness (QED) is 0.634. The second-order valence-corrected chi connectivity index (χ2v) is 3.99.